The van der Waals surface area contributed by atoms with Crippen LogP contribution in [0.3, 0.4) is 0 Å². The fraction of sp³-hybridized carbons (Fsp3) is 1.00. The van der Waals surface area contributed by atoms with Crippen molar-refractivity contribution in [3.8, 4) is 0 Å². The molecule has 2 unspecified atom stereocenters. The van der Waals surface area contributed by atoms with E-state index in [-0.39, 0.29) is 5.75 Å². The second kappa shape index (κ2) is 5.45. The Morgan fingerprint density at radius 2 is 2.11 bits per heavy atom. The van der Waals surface area contributed by atoms with Crippen molar-refractivity contribution in [1.29, 1.82) is 0 Å². The molecule has 0 aromatic rings. The topological polar surface area (TPSA) is 67.4 Å². The summed E-state index contributed by atoms with van der Waals surface area (Å²) in [6, 6.07) is 0.440. The molecule has 2 aliphatic rings. The lowest BCUT2D eigenvalue weighted by molar-refractivity contribution is -0.172. The minimum Gasteiger partial charge on any atom is -0.378 e. The average Bonchev–Trinajstić information content (AvgIpc) is 2.24. The maximum atomic E-state index is 11.3. The Hall–Kier alpha value is -0.170. The zero-order chi connectivity index (χ0) is 13.2. The maximum absolute atomic E-state index is 11.3. The number of hydrogen-bond acceptors (Lipinski definition) is 4. The third kappa shape index (κ3) is 2.57. The molecule has 0 heterocycles. The molecule has 2 N–H and O–H groups in total. The van der Waals surface area contributed by atoms with E-state index in [9.17, 15) is 8.42 Å². The molecule has 0 radical (unpaired) electrons. The summed E-state index contributed by atoms with van der Waals surface area (Å²) >= 11 is 0. The van der Waals surface area contributed by atoms with Gasteiger partial charge in [0.25, 0.3) is 0 Å². The van der Waals surface area contributed by atoms with Gasteiger partial charge in [-0.1, -0.05) is 6.42 Å². The fourth-order valence-electron chi connectivity index (χ4n) is 3.19. The summed E-state index contributed by atoms with van der Waals surface area (Å²) in [5, 5.41) is 3.39. The predicted molar refractivity (Wildman–Crippen MR) is 71.0 cm³/mol. The molecule has 2 aliphatic carbocycles. The summed E-state index contributed by atoms with van der Waals surface area (Å²) in [6.07, 6.45) is 5.11. The van der Waals surface area contributed by atoms with Crippen molar-refractivity contribution in [2.45, 2.75) is 44.8 Å². The van der Waals surface area contributed by atoms with Crippen molar-refractivity contribution in [3.05, 3.63) is 0 Å². The van der Waals surface area contributed by atoms with Crippen molar-refractivity contribution < 1.29 is 13.2 Å². The smallest absolute Gasteiger partial charge is 0.212 e. The largest absolute Gasteiger partial charge is 0.378 e. The lowest BCUT2D eigenvalue weighted by atomic mass is 9.51. The quantitative estimate of drug-likeness (QED) is 0.709. The van der Waals surface area contributed by atoms with Crippen LogP contribution in [0, 0.1) is 5.41 Å². The molecule has 0 aromatic carbocycles. The molecule has 2 atom stereocenters. The highest BCUT2D eigenvalue weighted by Crippen LogP contribution is 2.57. The minimum atomic E-state index is -3.09. The van der Waals surface area contributed by atoms with Gasteiger partial charge in [-0.2, -0.15) is 0 Å². The third-order valence-corrected chi connectivity index (χ3v) is 5.87. The summed E-state index contributed by atoms with van der Waals surface area (Å²) in [7, 11) is -1.64. The highest BCUT2D eigenvalue weighted by atomic mass is 32.2. The van der Waals surface area contributed by atoms with Gasteiger partial charge in [0, 0.05) is 24.6 Å². The molecule has 0 amide bonds. The molecule has 0 aromatic heterocycles. The average molecular weight is 276 g/mol. The van der Waals surface area contributed by atoms with Gasteiger partial charge in [-0.25, -0.2) is 13.1 Å². The monoisotopic (exact) mass is 276 g/mol. The number of ether oxygens (including phenoxy) is 1. The molecule has 0 bridgehead atoms. The first-order valence-corrected chi connectivity index (χ1v) is 8.45. The van der Waals surface area contributed by atoms with Crippen molar-refractivity contribution in [2.75, 3.05) is 26.0 Å². The van der Waals surface area contributed by atoms with E-state index in [0.29, 0.717) is 24.1 Å². The fourth-order valence-corrected chi connectivity index (χ4v) is 3.78. The normalized spacial score (nSPS) is 29.9. The molecule has 6 heteroatoms. The number of nitrogens with one attached hydrogen (secondary N) is 2. The van der Waals surface area contributed by atoms with E-state index in [4.69, 9.17) is 4.74 Å². The molecule has 2 fully saturated rings. The standard InChI is InChI=1S/C12H24N2O3S/c1-3-17-11-9-10(12(11)5-4-6-12)14-7-8-18(15,16)13-2/h10-11,13-14H,3-9H2,1-2H3. The van der Waals surface area contributed by atoms with Gasteiger partial charge in [-0.05, 0) is 33.2 Å². The Kier molecular flexibility index (Phi) is 4.31. The summed E-state index contributed by atoms with van der Waals surface area (Å²) in [6.45, 7) is 3.33. The molecular weight excluding hydrogens is 252 g/mol. The predicted octanol–water partition coefficient (Wildman–Crippen LogP) is 0.473. The molecule has 0 saturated heterocycles. The van der Waals surface area contributed by atoms with E-state index < -0.39 is 10.0 Å². The van der Waals surface area contributed by atoms with Gasteiger partial charge in [-0.3, -0.25) is 0 Å². The Bertz CT molecular complexity index is 379. The van der Waals surface area contributed by atoms with Gasteiger partial charge in [0.1, 0.15) is 0 Å². The van der Waals surface area contributed by atoms with Crippen LogP contribution in [0.25, 0.3) is 0 Å². The number of hydrogen-bond donors (Lipinski definition) is 2. The highest BCUT2D eigenvalue weighted by Gasteiger charge is 2.58. The Balaban J connectivity index is 1.78. The van der Waals surface area contributed by atoms with Gasteiger partial charge in [0.2, 0.25) is 10.0 Å². The first kappa shape index (κ1) is 14.2. The molecular formula is C12H24N2O3S. The summed E-state index contributed by atoms with van der Waals surface area (Å²) in [5.41, 5.74) is 0.305. The Morgan fingerprint density at radius 1 is 1.39 bits per heavy atom. The zero-order valence-corrected chi connectivity index (χ0v) is 12.1. The first-order chi connectivity index (χ1) is 8.54. The van der Waals surface area contributed by atoms with Gasteiger partial charge >= 0.3 is 0 Å². The van der Waals surface area contributed by atoms with Crippen molar-refractivity contribution in [2.24, 2.45) is 5.41 Å². The maximum Gasteiger partial charge on any atom is 0.212 e. The molecule has 18 heavy (non-hydrogen) atoms. The Morgan fingerprint density at radius 3 is 2.61 bits per heavy atom. The molecule has 2 rings (SSSR count). The van der Waals surface area contributed by atoms with Crippen LogP contribution in [-0.4, -0.2) is 46.5 Å². The van der Waals surface area contributed by atoms with Crippen LogP contribution in [0.15, 0.2) is 0 Å². The first-order valence-electron chi connectivity index (χ1n) is 6.80. The van der Waals surface area contributed by atoms with E-state index in [1.54, 1.807) is 0 Å². The summed E-state index contributed by atoms with van der Waals surface area (Å²) < 4.78 is 30.7. The van der Waals surface area contributed by atoms with Crippen molar-refractivity contribution in [3.63, 3.8) is 0 Å². The SMILES string of the molecule is CCOC1CC(NCCS(=O)(=O)NC)C12CCC2. The van der Waals surface area contributed by atoms with Crippen LogP contribution in [0.1, 0.15) is 32.6 Å². The van der Waals surface area contributed by atoms with E-state index in [2.05, 4.69) is 10.0 Å². The lowest BCUT2D eigenvalue weighted by Crippen LogP contribution is -2.67. The number of sulfonamides is 1. The highest BCUT2D eigenvalue weighted by molar-refractivity contribution is 7.89. The van der Waals surface area contributed by atoms with E-state index in [0.717, 1.165) is 13.0 Å². The Labute approximate surface area is 110 Å². The second-order valence-electron chi connectivity index (χ2n) is 5.30. The molecule has 1 spiro atoms. The van der Waals surface area contributed by atoms with Crippen LogP contribution in [0.4, 0.5) is 0 Å². The molecule has 106 valence electrons. The lowest BCUT2D eigenvalue weighted by Gasteiger charge is -2.61. The van der Waals surface area contributed by atoms with Gasteiger partial charge < -0.3 is 10.1 Å². The molecule has 2 saturated carbocycles. The second-order valence-corrected chi connectivity index (χ2v) is 7.34. The minimum absolute atomic E-state index is 0.148. The van der Waals surface area contributed by atoms with Crippen LogP contribution < -0.4 is 10.0 Å². The summed E-state index contributed by atoms with van der Waals surface area (Å²) in [4.78, 5) is 0. The van der Waals surface area contributed by atoms with Gasteiger partial charge in [0.05, 0.1) is 11.9 Å². The van der Waals surface area contributed by atoms with Crippen LogP contribution in [0.2, 0.25) is 0 Å². The van der Waals surface area contributed by atoms with E-state index >= 15 is 0 Å². The van der Waals surface area contributed by atoms with E-state index in [1.807, 2.05) is 6.92 Å². The third-order valence-electron chi connectivity index (χ3n) is 4.51. The van der Waals surface area contributed by atoms with Crippen LogP contribution in [-0.2, 0) is 14.8 Å². The van der Waals surface area contributed by atoms with Gasteiger partial charge in [-0.15, -0.1) is 0 Å². The zero-order valence-electron chi connectivity index (χ0n) is 11.2. The van der Waals surface area contributed by atoms with Crippen LogP contribution >= 0.6 is 0 Å². The number of rotatable bonds is 7. The van der Waals surface area contributed by atoms with Crippen molar-refractivity contribution >= 4 is 10.0 Å². The van der Waals surface area contributed by atoms with E-state index in [1.165, 1.54) is 26.3 Å². The molecule has 5 nitrogen and oxygen atoms in total. The van der Waals surface area contributed by atoms with Gasteiger partial charge in [0.15, 0.2) is 0 Å². The molecule has 0 aliphatic heterocycles. The van der Waals surface area contributed by atoms with Crippen LogP contribution in [0.5, 0.6) is 0 Å². The van der Waals surface area contributed by atoms with Crippen molar-refractivity contribution in [1.82, 2.24) is 10.0 Å². The summed E-state index contributed by atoms with van der Waals surface area (Å²) in [5.74, 6) is 0.148.